The highest BCUT2D eigenvalue weighted by atomic mass is 15.1. The summed E-state index contributed by atoms with van der Waals surface area (Å²) in [6.07, 6.45) is 0. The molecule has 2 aliphatic carbocycles. The van der Waals surface area contributed by atoms with Gasteiger partial charge in [-0.2, -0.15) is 0 Å². The minimum absolute atomic E-state index is 0.534. The Morgan fingerprint density at radius 2 is 0.646 bits per heavy atom. The summed E-state index contributed by atoms with van der Waals surface area (Å²) in [7, 11) is 0. The van der Waals surface area contributed by atoms with Gasteiger partial charge in [-0.05, 0) is 125 Å². The molecular weight excluding hydrogens is 783 g/mol. The summed E-state index contributed by atoms with van der Waals surface area (Å²) in [5, 5.41) is 4.90. The number of benzene rings is 11. The predicted molar refractivity (Wildman–Crippen MR) is 271 cm³/mol. The van der Waals surface area contributed by atoms with Gasteiger partial charge in [0.1, 0.15) is 0 Å². The van der Waals surface area contributed by atoms with E-state index in [1.165, 1.54) is 88.3 Å². The third kappa shape index (κ3) is 5.39. The van der Waals surface area contributed by atoms with Gasteiger partial charge in [0, 0.05) is 17.1 Å². The van der Waals surface area contributed by atoms with Crippen LogP contribution in [0.5, 0.6) is 0 Å². The molecule has 0 saturated heterocycles. The standard InChI is InChI=1S/C64H43N/c1-3-22-49(23-4-1)63(50-24-5-2-6-25-50)57-29-13-15-31-59(57)64(60-32-16-14-30-58(60)63)56-28-12-11-26-55(56)62-54(27-17-33-61(62)64)46-36-38-51(39-37-46)65(52-40-34-44-18-7-9-20-47(44)42-52)53-41-35-45-19-8-10-21-48(45)43-53/h1-43H. The van der Waals surface area contributed by atoms with Crippen molar-refractivity contribution in [2.75, 3.05) is 4.90 Å². The molecule has 0 unspecified atom stereocenters. The molecule has 0 saturated carbocycles. The van der Waals surface area contributed by atoms with Crippen molar-refractivity contribution < 1.29 is 0 Å². The number of anilines is 3. The van der Waals surface area contributed by atoms with Crippen LogP contribution in [0.15, 0.2) is 261 Å². The summed E-state index contributed by atoms with van der Waals surface area (Å²) < 4.78 is 0. The molecule has 1 nitrogen and oxygen atoms in total. The summed E-state index contributed by atoms with van der Waals surface area (Å²) in [4.78, 5) is 2.39. The molecule has 0 fully saturated rings. The second-order valence-electron chi connectivity index (χ2n) is 17.5. The zero-order valence-corrected chi connectivity index (χ0v) is 35.8. The molecule has 1 spiro atoms. The Balaban J connectivity index is 1.02. The summed E-state index contributed by atoms with van der Waals surface area (Å²) in [5.41, 5.74) is 17.7. The van der Waals surface area contributed by atoms with E-state index in [1.54, 1.807) is 0 Å². The van der Waals surface area contributed by atoms with Crippen molar-refractivity contribution in [3.8, 4) is 22.3 Å². The van der Waals surface area contributed by atoms with Gasteiger partial charge in [0.2, 0.25) is 0 Å². The molecule has 13 rings (SSSR count). The van der Waals surface area contributed by atoms with Crippen LogP contribution in [0.2, 0.25) is 0 Å². The molecule has 1 heteroatoms. The topological polar surface area (TPSA) is 3.24 Å². The molecule has 0 amide bonds. The van der Waals surface area contributed by atoms with E-state index in [0.717, 1.165) is 17.1 Å². The van der Waals surface area contributed by atoms with Crippen LogP contribution in [0.4, 0.5) is 17.1 Å². The van der Waals surface area contributed by atoms with Crippen LogP contribution in [0.3, 0.4) is 0 Å². The SMILES string of the molecule is c1ccc(C2(c3ccccc3)c3ccccc3C3(c4ccccc4-c4c(-c5ccc(N(c6ccc7ccccc7c6)c6ccc7ccccc7c6)cc5)cccc43)c3ccccc32)cc1. The maximum absolute atomic E-state index is 2.41. The van der Waals surface area contributed by atoms with Crippen molar-refractivity contribution in [2.24, 2.45) is 0 Å². The molecule has 0 atom stereocenters. The monoisotopic (exact) mass is 825 g/mol. The van der Waals surface area contributed by atoms with Gasteiger partial charge >= 0.3 is 0 Å². The van der Waals surface area contributed by atoms with Crippen molar-refractivity contribution >= 4 is 38.6 Å². The largest absolute Gasteiger partial charge is 0.310 e. The first kappa shape index (κ1) is 37.3. The molecule has 0 radical (unpaired) electrons. The quantitative estimate of drug-likeness (QED) is 0.161. The second-order valence-corrected chi connectivity index (χ2v) is 17.5. The van der Waals surface area contributed by atoms with Crippen LogP contribution in [-0.2, 0) is 10.8 Å². The molecule has 65 heavy (non-hydrogen) atoms. The number of nitrogens with zero attached hydrogens (tertiary/aromatic N) is 1. The van der Waals surface area contributed by atoms with Crippen LogP contribution < -0.4 is 4.90 Å². The fourth-order valence-corrected chi connectivity index (χ4v) is 11.7. The molecule has 0 bridgehead atoms. The smallest absolute Gasteiger partial charge is 0.0720 e. The minimum atomic E-state index is -0.551. The van der Waals surface area contributed by atoms with Gasteiger partial charge in [0.25, 0.3) is 0 Å². The van der Waals surface area contributed by atoms with E-state index in [9.17, 15) is 0 Å². The molecule has 0 aromatic heterocycles. The van der Waals surface area contributed by atoms with Crippen molar-refractivity contribution in [1.82, 2.24) is 0 Å². The summed E-state index contributed by atoms with van der Waals surface area (Å²) in [6.45, 7) is 0. The maximum atomic E-state index is 2.41. The number of fused-ring (bicyclic) bond motifs is 11. The first-order valence-corrected chi connectivity index (χ1v) is 22.7. The van der Waals surface area contributed by atoms with Crippen molar-refractivity contribution in [1.29, 1.82) is 0 Å². The van der Waals surface area contributed by atoms with E-state index in [4.69, 9.17) is 0 Å². The highest BCUT2D eigenvalue weighted by molar-refractivity contribution is 5.98. The molecule has 304 valence electrons. The normalized spacial score (nSPS) is 13.8. The number of hydrogen-bond acceptors (Lipinski definition) is 1. The fraction of sp³-hybridized carbons (Fsp3) is 0.0312. The Hall–Kier alpha value is -8.26. The van der Waals surface area contributed by atoms with Crippen LogP contribution in [0, 0.1) is 0 Å². The Kier molecular flexibility index (Phi) is 8.41. The van der Waals surface area contributed by atoms with E-state index < -0.39 is 10.8 Å². The van der Waals surface area contributed by atoms with E-state index >= 15 is 0 Å². The van der Waals surface area contributed by atoms with Gasteiger partial charge in [0.15, 0.2) is 0 Å². The van der Waals surface area contributed by atoms with Gasteiger partial charge in [-0.3, -0.25) is 0 Å². The second kappa shape index (κ2) is 14.7. The van der Waals surface area contributed by atoms with Crippen LogP contribution >= 0.6 is 0 Å². The minimum Gasteiger partial charge on any atom is -0.310 e. The van der Waals surface area contributed by atoms with Gasteiger partial charge in [0.05, 0.1) is 10.8 Å². The summed E-state index contributed by atoms with van der Waals surface area (Å²) in [5.74, 6) is 0. The van der Waals surface area contributed by atoms with E-state index in [0.29, 0.717) is 0 Å². The molecule has 0 N–H and O–H groups in total. The highest BCUT2D eigenvalue weighted by Gasteiger charge is 2.56. The Morgan fingerprint density at radius 3 is 1.18 bits per heavy atom. The Morgan fingerprint density at radius 1 is 0.246 bits per heavy atom. The zero-order chi connectivity index (χ0) is 43.0. The fourth-order valence-electron chi connectivity index (χ4n) is 11.7. The number of hydrogen-bond donors (Lipinski definition) is 0. The lowest BCUT2D eigenvalue weighted by Crippen LogP contribution is -2.44. The average Bonchev–Trinajstić information content (AvgIpc) is 3.68. The van der Waals surface area contributed by atoms with Crippen molar-refractivity contribution in [3.63, 3.8) is 0 Å². The van der Waals surface area contributed by atoms with Crippen molar-refractivity contribution in [2.45, 2.75) is 10.8 Å². The van der Waals surface area contributed by atoms with E-state index in [1.807, 2.05) is 0 Å². The molecule has 0 heterocycles. The highest BCUT2D eigenvalue weighted by Crippen LogP contribution is 2.65. The van der Waals surface area contributed by atoms with Gasteiger partial charge < -0.3 is 4.90 Å². The van der Waals surface area contributed by atoms with Crippen molar-refractivity contribution in [3.05, 3.63) is 305 Å². The van der Waals surface area contributed by atoms with E-state index in [2.05, 4.69) is 266 Å². The lowest BCUT2D eigenvalue weighted by Gasteiger charge is -2.50. The first-order chi connectivity index (χ1) is 32.2. The van der Waals surface area contributed by atoms with Crippen LogP contribution in [-0.4, -0.2) is 0 Å². The molecule has 11 aromatic rings. The van der Waals surface area contributed by atoms with Crippen LogP contribution in [0.1, 0.15) is 44.5 Å². The van der Waals surface area contributed by atoms with Gasteiger partial charge in [-0.25, -0.2) is 0 Å². The molecule has 11 aromatic carbocycles. The lowest BCUT2D eigenvalue weighted by atomic mass is 9.51. The van der Waals surface area contributed by atoms with Gasteiger partial charge in [-0.15, -0.1) is 0 Å². The van der Waals surface area contributed by atoms with Crippen LogP contribution in [0.25, 0.3) is 43.8 Å². The zero-order valence-electron chi connectivity index (χ0n) is 35.8. The summed E-state index contributed by atoms with van der Waals surface area (Å²) in [6, 6.07) is 97.1. The molecular formula is C64H43N. The Bertz CT molecular complexity index is 3440. The maximum Gasteiger partial charge on any atom is 0.0720 e. The summed E-state index contributed by atoms with van der Waals surface area (Å²) >= 11 is 0. The molecule has 0 aliphatic heterocycles. The molecule has 2 aliphatic rings. The Labute approximate surface area is 380 Å². The van der Waals surface area contributed by atoms with Gasteiger partial charge in [-0.1, -0.05) is 224 Å². The lowest BCUT2D eigenvalue weighted by molar-refractivity contribution is 0.623. The number of rotatable bonds is 6. The van der Waals surface area contributed by atoms with E-state index in [-0.39, 0.29) is 0 Å². The third-order valence-corrected chi connectivity index (χ3v) is 14.4. The first-order valence-electron chi connectivity index (χ1n) is 22.7. The predicted octanol–water partition coefficient (Wildman–Crippen LogP) is 16.2. The third-order valence-electron chi connectivity index (χ3n) is 14.4. The average molecular weight is 826 g/mol.